The van der Waals surface area contributed by atoms with Gasteiger partial charge in [-0.25, -0.2) is 4.98 Å². The zero-order valence-electron chi connectivity index (χ0n) is 12.5. The highest BCUT2D eigenvalue weighted by atomic mass is 19.4. The molecule has 0 aliphatic rings. The van der Waals surface area contributed by atoms with Crippen LogP contribution in [-0.4, -0.2) is 11.2 Å². The molecule has 1 aromatic carbocycles. The van der Waals surface area contributed by atoms with Gasteiger partial charge in [0, 0.05) is 11.8 Å². The molecule has 0 saturated heterocycles. The van der Waals surface area contributed by atoms with E-state index in [1.54, 1.807) is 6.21 Å². The molecule has 1 heterocycles. The van der Waals surface area contributed by atoms with Gasteiger partial charge in [-0.05, 0) is 44.0 Å². The lowest BCUT2D eigenvalue weighted by Crippen LogP contribution is -2.05. The molecule has 0 radical (unpaired) electrons. The van der Waals surface area contributed by atoms with Crippen molar-refractivity contribution in [3.8, 4) is 0 Å². The van der Waals surface area contributed by atoms with Gasteiger partial charge in [0.15, 0.2) is 0 Å². The molecule has 22 heavy (non-hydrogen) atoms. The van der Waals surface area contributed by atoms with Crippen molar-refractivity contribution in [1.82, 2.24) is 4.98 Å². The van der Waals surface area contributed by atoms with E-state index in [1.807, 2.05) is 32.9 Å². The first-order valence-corrected chi connectivity index (χ1v) is 6.67. The summed E-state index contributed by atoms with van der Waals surface area (Å²) in [5.41, 5.74) is 6.17. The highest BCUT2D eigenvalue weighted by Gasteiger charge is 2.30. The SMILES string of the molecule is Cc1cc(C)c(/C=N\Nc2ccc(C(F)(F)F)cn2)c(C)c1. The molecule has 3 nitrogen and oxygen atoms in total. The Morgan fingerprint density at radius 2 is 1.73 bits per heavy atom. The zero-order valence-corrected chi connectivity index (χ0v) is 12.5. The Bertz CT molecular complexity index is 666. The lowest BCUT2D eigenvalue weighted by atomic mass is 10.0. The molecule has 2 aromatic rings. The van der Waals surface area contributed by atoms with Crippen LogP contribution in [0, 0.1) is 20.8 Å². The normalized spacial score (nSPS) is 11.9. The van der Waals surface area contributed by atoms with E-state index in [0.29, 0.717) is 0 Å². The average Bonchev–Trinajstić information content (AvgIpc) is 2.41. The summed E-state index contributed by atoms with van der Waals surface area (Å²) in [6.07, 6.45) is -1.96. The number of hydrazone groups is 1. The fourth-order valence-electron chi connectivity index (χ4n) is 2.19. The zero-order chi connectivity index (χ0) is 16.3. The summed E-state index contributed by atoms with van der Waals surface area (Å²) in [6.45, 7) is 5.99. The second-order valence-electron chi connectivity index (χ2n) is 5.11. The average molecular weight is 307 g/mol. The van der Waals surface area contributed by atoms with Gasteiger partial charge in [0.05, 0.1) is 11.8 Å². The topological polar surface area (TPSA) is 37.3 Å². The van der Waals surface area contributed by atoms with E-state index in [9.17, 15) is 13.2 Å². The van der Waals surface area contributed by atoms with Crippen molar-refractivity contribution in [1.29, 1.82) is 0 Å². The highest BCUT2D eigenvalue weighted by molar-refractivity contribution is 5.84. The van der Waals surface area contributed by atoms with Crippen molar-refractivity contribution in [3.63, 3.8) is 0 Å². The Morgan fingerprint density at radius 1 is 1.09 bits per heavy atom. The summed E-state index contributed by atoms with van der Waals surface area (Å²) in [7, 11) is 0. The largest absolute Gasteiger partial charge is 0.417 e. The highest BCUT2D eigenvalue weighted by Crippen LogP contribution is 2.28. The Balaban J connectivity index is 2.10. The molecule has 0 aliphatic heterocycles. The van der Waals surface area contributed by atoms with E-state index >= 15 is 0 Å². The van der Waals surface area contributed by atoms with Gasteiger partial charge < -0.3 is 0 Å². The van der Waals surface area contributed by atoms with Gasteiger partial charge in [-0.1, -0.05) is 17.7 Å². The predicted octanol–water partition coefficient (Wildman–Crippen LogP) is 4.47. The van der Waals surface area contributed by atoms with Crippen LogP contribution in [0.4, 0.5) is 19.0 Å². The van der Waals surface area contributed by atoms with Crippen LogP contribution in [0.15, 0.2) is 35.6 Å². The number of hydrogen-bond donors (Lipinski definition) is 1. The van der Waals surface area contributed by atoms with E-state index in [2.05, 4.69) is 15.5 Å². The molecule has 0 fully saturated rings. The van der Waals surface area contributed by atoms with Gasteiger partial charge in [-0.3, -0.25) is 5.43 Å². The molecule has 2 rings (SSSR count). The molecule has 0 unspecified atom stereocenters. The molecule has 1 N–H and O–H groups in total. The third-order valence-corrected chi connectivity index (χ3v) is 3.20. The maximum Gasteiger partial charge on any atom is 0.417 e. The summed E-state index contributed by atoms with van der Waals surface area (Å²) in [6, 6.07) is 6.30. The fraction of sp³-hybridized carbons (Fsp3) is 0.250. The number of benzene rings is 1. The van der Waals surface area contributed by atoms with Crippen molar-refractivity contribution in [2.45, 2.75) is 26.9 Å². The smallest absolute Gasteiger partial charge is 0.261 e. The predicted molar refractivity (Wildman–Crippen MR) is 81.1 cm³/mol. The molecule has 1 aromatic heterocycles. The van der Waals surface area contributed by atoms with Crippen LogP contribution in [0.1, 0.15) is 27.8 Å². The van der Waals surface area contributed by atoms with E-state index < -0.39 is 11.7 Å². The molecule has 0 spiro atoms. The van der Waals surface area contributed by atoms with Crippen molar-refractivity contribution in [2.24, 2.45) is 5.10 Å². The molecule has 0 saturated carbocycles. The number of anilines is 1. The molecule has 0 aliphatic carbocycles. The van der Waals surface area contributed by atoms with Crippen LogP contribution < -0.4 is 5.43 Å². The Morgan fingerprint density at radius 3 is 2.23 bits per heavy atom. The van der Waals surface area contributed by atoms with Gasteiger partial charge in [-0.15, -0.1) is 0 Å². The monoisotopic (exact) mass is 307 g/mol. The minimum absolute atomic E-state index is 0.256. The number of hydrogen-bond acceptors (Lipinski definition) is 3. The second kappa shape index (κ2) is 6.17. The Kier molecular flexibility index (Phi) is 4.49. The van der Waals surface area contributed by atoms with Crippen LogP contribution in [0.3, 0.4) is 0 Å². The third-order valence-electron chi connectivity index (χ3n) is 3.20. The van der Waals surface area contributed by atoms with Crippen LogP contribution in [-0.2, 0) is 6.18 Å². The number of pyridine rings is 1. The lowest BCUT2D eigenvalue weighted by Gasteiger charge is -2.07. The molecule has 116 valence electrons. The first-order chi connectivity index (χ1) is 10.3. The summed E-state index contributed by atoms with van der Waals surface area (Å²) in [5.74, 6) is 0.256. The molecular formula is C16H16F3N3. The lowest BCUT2D eigenvalue weighted by molar-refractivity contribution is -0.137. The number of aryl methyl sites for hydroxylation is 3. The maximum atomic E-state index is 12.4. The van der Waals surface area contributed by atoms with E-state index in [-0.39, 0.29) is 5.82 Å². The van der Waals surface area contributed by atoms with Crippen LogP contribution >= 0.6 is 0 Å². The maximum absolute atomic E-state index is 12.4. The second-order valence-corrected chi connectivity index (χ2v) is 5.11. The van der Waals surface area contributed by atoms with Crippen molar-refractivity contribution >= 4 is 12.0 Å². The molecule has 0 amide bonds. The van der Waals surface area contributed by atoms with Gasteiger partial charge >= 0.3 is 6.18 Å². The number of aromatic nitrogens is 1. The summed E-state index contributed by atoms with van der Waals surface area (Å²) < 4.78 is 37.3. The van der Waals surface area contributed by atoms with E-state index in [4.69, 9.17) is 0 Å². The number of nitrogens with zero attached hydrogens (tertiary/aromatic N) is 2. The Labute approximate surface area is 126 Å². The number of alkyl halides is 3. The fourth-order valence-corrected chi connectivity index (χ4v) is 2.19. The molecule has 6 heteroatoms. The number of halogens is 3. The van der Waals surface area contributed by atoms with Crippen LogP contribution in [0.2, 0.25) is 0 Å². The third kappa shape index (κ3) is 3.84. The van der Waals surface area contributed by atoms with Crippen LogP contribution in [0.5, 0.6) is 0 Å². The summed E-state index contributed by atoms with van der Waals surface area (Å²) >= 11 is 0. The first-order valence-electron chi connectivity index (χ1n) is 6.67. The quantitative estimate of drug-likeness (QED) is 0.671. The number of nitrogens with one attached hydrogen (secondary N) is 1. The van der Waals surface area contributed by atoms with Crippen molar-refractivity contribution in [3.05, 3.63) is 58.3 Å². The van der Waals surface area contributed by atoms with Gasteiger partial charge in [0.2, 0.25) is 0 Å². The van der Waals surface area contributed by atoms with Gasteiger partial charge in [0.25, 0.3) is 0 Å². The van der Waals surface area contributed by atoms with Crippen LogP contribution in [0.25, 0.3) is 0 Å². The van der Waals surface area contributed by atoms with Gasteiger partial charge in [-0.2, -0.15) is 18.3 Å². The molecule has 0 bridgehead atoms. The van der Waals surface area contributed by atoms with Crippen molar-refractivity contribution in [2.75, 3.05) is 5.43 Å². The summed E-state index contributed by atoms with van der Waals surface area (Å²) in [4.78, 5) is 3.69. The minimum atomic E-state index is -4.38. The molecule has 0 atom stereocenters. The standard InChI is InChI=1S/C16H16F3N3/c1-10-6-11(2)14(12(3)7-10)9-21-22-15-5-4-13(8-20-15)16(17,18)19/h4-9H,1-3H3,(H,20,22)/b21-9-. The van der Waals surface area contributed by atoms with Crippen molar-refractivity contribution < 1.29 is 13.2 Å². The minimum Gasteiger partial charge on any atom is -0.261 e. The van der Waals surface area contributed by atoms with E-state index in [1.165, 1.54) is 11.6 Å². The Hall–Kier alpha value is -2.37. The number of rotatable bonds is 3. The summed E-state index contributed by atoms with van der Waals surface area (Å²) in [5, 5.41) is 4.04. The van der Waals surface area contributed by atoms with E-state index in [0.717, 1.165) is 29.0 Å². The first kappa shape index (κ1) is 16.0. The van der Waals surface area contributed by atoms with Gasteiger partial charge in [0.1, 0.15) is 5.82 Å². The molecular weight excluding hydrogens is 291 g/mol.